The molecule has 0 fully saturated rings. The third-order valence-corrected chi connectivity index (χ3v) is 1.73. The molecule has 0 unspecified atom stereocenters. The summed E-state index contributed by atoms with van der Waals surface area (Å²) in [6.45, 7) is 3.04. The molecule has 0 rings (SSSR count). The molecule has 0 aliphatic heterocycles. The molecule has 0 saturated heterocycles. The Labute approximate surface area is 87.2 Å². The highest BCUT2D eigenvalue weighted by Crippen LogP contribution is 1.91. The number of rotatable bonds is 5. The first-order chi connectivity index (χ1) is 6.88. The molecule has 0 aromatic rings. The molecule has 0 aromatic heterocycles. The third-order valence-electron chi connectivity index (χ3n) is 1.73. The van der Waals surface area contributed by atoms with Crippen LogP contribution in [0.3, 0.4) is 0 Å². The van der Waals surface area contributed by atoms with Crippen LogP contribution in [-0.2, 0) is 9.59 Å². The van der Waals surface area contributed by atoms with Crippen LogP contribution in [0.5, 0.6) is 0 Å². The summed E-state index contributed by atoms with van der Waals surface area (Å²) in [5.41, 5.74) is 4.92. The summed E-state index contributed by atoms with van der Waals surface area (Å²) in [6, 6.07) is -1.62. The number of aliphatic carboxylic acids is 1. The van der Waals surface area contributed by atoms with Crippen LogP contribution < -0.4 is 11.1 Å². The van der Waals surface area contributed by atoms with Crippen LogP contribution in [0.2, 0.25) is 0 Å². The molecule has 0 heterocycles. The number of hydrogen-bond acceptors (Lipinski definition) is 3. The number of primary amides is 1. The van der Waals surface area contributed by atoms with Gasteiger partial charge in [0, 0.05) is 6.54 Å². The number of likely N-dealkylation sites (N-methyl/N-ethyl adjacent to an activating group) is 1. The quantitative estimate of drug-likeness (QED) is 0.546. The van der Waals surface area contributed by atoms with Gasteiger partial charge in [0.1, 0.15) is 12.6 Å². The average molecular weight is 217 g/mol. The van der Waals surface area contributed by atoms with Gasteiger partial charge in [0.05, 0.1) is 0 Å². The monoisotopic (exact) mass is 217 g/mol. The molecule has 0 aromatic carbocycles. The van der Waals surface area contributed by atoms with E-state index in [4.69, 9.17) is 10.8 Å². The van der Waals surface area contributed by atoms with E-state index >= 15 is 0 Å². The molecule has 0 aliphatic carbocycles. The summed E-state index contributed by atoms with van der Waals surface area (Å²) in [7, 11) is 0. The van der Waals surface area contributed by atoms with Gasteiger partial charge in [0.25, 0.3) is 0 Å². The van der Waals surface area contributed by atoms with E-state index in [-0.39, 0.29) is 13.1 Å². The van der Waals surface area contributed by atoms with Crippen molar-refractivity contribution in [2.24, 2.45) is 5.73 Å². The van der Waals surface area contributed by atoms with E-state index in [1.807, 2.05) is 0 Å². The molecule has 7 heteroatoms. The van der Waals surface area contributed by atoms with Crippen molar-refractivity contribution in [1.82, 2.24) is 10.2 Å². The minimum Gasteiger partial charge on any atom is -0.480 e. The fourth-order valence-electron chi connectivity index (χ4n) is 0.854. The highest BCUT2D eigenvalue weighted by Gasteiger charge is 2.19. The molecule has 0 radical (unpaired) electrons. The lowest BCUT2D eigenvalue weighted by molar-refractivity contribution is -0.138. The zero-order valence-corrected chi connectivity index (χ0v) is 8.69. The smallest absolute Gasteiger partial charge is 0.325 e. The zero-order chi connectivity index (χ0) is 12.0. The number of carbonyl (C=O) groups excluding carboxylic acids is 2. The lowest BCUT2D eigenvalue weighted by Crippen LogP contribution is -2.48. The summed E-state index contributed by atoms with van der Waals surface area (Å²) in [4.78, 5) is 33.5. The first kappa shape index (κ1) is 13.2. The van der Waals surface area contributed by atoms with Gasteiger partial charge in [-0.15, -0.1) is 0 Å². The number of carboxylic acids is 1. The van der Waals surface area contributed by atoms with E-state index in [0.717, 1.165) is 4.90 Å². The van der Waals surface area contributed by atoms with Crippen molar-refractivity contribution < 1.29 is 19.5 Å². The normalized spacial score (nSPS) is 11.6. The Bertz CT molecular complexity index is 267. The van der Waals surface area contributed by atoms with Crippen LogP contribution in [0.4, 0.5) is 4.79 Å². The molecule has 0 bridgehead atoms. The van der Waals surface area contributed by atoms with Gasteiger partial charge >= 0.3 is 12.0 Å². The van der Waals surface area contributed by atoms with Crippen molar-refractivity contribution in [1.29, 1.82) is 0 Å². The van der Waals surface area contributed by atoms with Crippen molar-refractivity contribution >= 4 is 17.9 Å². The fourth-order valence-corrected chi connectivity index (χ4v) is 0.854. The molecular formula is C8H15N3O4. The summed E-state index contributed by atoms with van der Waals surface area (Å²) < 4.78 is 0. The van der Waals surface area contributed by atoms with Crippen molar-refractivity contribution in [2.75, 3.05) is 13.1 Å². The van der Waals surface area contributed by atoms with E-state index in [1.165, 1.54) is 6.92 Å². The summed E-state index contributed by atoms with van der Waals surface area (Å²) in [6.07, 6.45) is 0. The molecule has 0 spiro atoms. The minimum atomic E-state index is -1.14. The van der Waals surface area contributed by atoms with E-state index < -0.39 is 23.9 Å². The second kappa shape index (κ2) is 5.84. The van der Waals surface area contributed by atoms with Crippen molar-refractivity contribution in [3.8, 4) is 0 Å². The largest absolute Gasteiger partial charge is 0.480 e. The van der Waals surface area contributed by atoms with E-state index in [1.54, 1.807) is 6.92 Å². The third kappa shape index (κ3) is 4.84. The number of amides is 3. The number of nitrogens with zero attached hydrogens (tertiary/aromatic N) is 1. The maximum absolute atomic E-state index is 11.4. The topological polar surface area (TPSA) is 113 Å². The Morgan fingerprint density at radius 1 is 1.47 bits per heavy atom. The molecule has 0 aliphatic rings. The molecule has 1 atom stereocenters. The Balaban J connectivity index is 4.27. The van der Waals surface area contributed by atoms with Gasteiger partial charge in [-0.1, -0.05) is 0 Å². The molecule has 86 valence electrons. The Morgan fingerprint density at radius 3 is 2.33 bits per heavy atom. The first-order valence-electron chi connectivity index (χ1n) is 4.45. The predicted molar refractivity (Wildman–Crippen MR) is 52.1 cm³/mol. The second-order valence-corrected chi connectivity index (χ2v) is 2.99. The Morgan fingerprint density at radius 2 is 2.00 bits per heavy atom. The van der Waals surface area contributed by atoms with Crippen LogP contribution >= 0.6 is 0 Å². The summed E-state index contributed by atoms with van der Waals surface area (Å²) in [5.74, 6) is -1.78. The Kier molecular flexibility index (Phi) is 5.14. The van der Waals surface area contributed by atoms with Crippen LogP contribution in [0.15, 0.2) is 0 Å². The number of nitrogens with one attached hydrogen (secondary N) is 1. The minimum absolute atomic E-state index is 0.228. The van der Waals surface area contributed by atoms with Gasteiger partial charge in [0.2, 0.25) is 5.91 Å². The first-order valence-corrected chi connectivity index (χ1v) is 4.45. The van der Waals surface area contributed by atoms with E-state index in [2.05, 4.69) is 5.32 Å². The van der Waals surface area contributed by atoms with Crippen LogP contribution in [0.1, 0.15) is 13.8 Å². The molecule has 4 N–H and O–H groups in total. The van der Waals surface area contributed by atoms with Gasteiger partial charge in [-0.25, -0.2) is 4.79 Å². The Hall–Kier alpha value is -1.79. The maximum atomic E-state index is 11.4. The number of hydrogen-bond donors (Lipinski definition) is 3. The molecule has 0 saturated carbocycles. The summed E-state index contributed by atoms with van der Waals surface area (Å²) >= 11 is 0. The van der Waals surface area contributed by atoms with E-state index in [0.29, 0.717) is 0 Å². The fraction of sp³-hybridized carbons (Fsp3) is 0.625. The molecule has 7 nitrogen and oxygen atoms in total. The predicted octanol–water partition coefficient (Wildman–Crippen LogP) is -1.02. The molecular weight excluding hydrogens is 202 g/mol. The van der Waals surface area contributed by atoms with Crippen LogP contribution in [-0.4, -0.2) is 47.0 Å². The van der Waals surface area contributed by atoms with Gasteiger partial charge in [-0.2, -0.15) is 0 Å². The molecule has 3 amide bonds. The number of urea groups is 1. The van der Waals surface area contributed by atoms with Gasteiger partial charge in [-0.3, -0.25) is 9.59 Å². The lowest BCUT2D eigenvalue weighted by atomic mass is 10.3. The van der Waals surface area contributed by atoms with Gasteiger partial charge in [-0.05, 0) is 13.8 Å². The van der Waals surface area contributed by atoms with Crippen molar-refractivity contribution in [2.45, 2.75) is 19.9 Å². The van der Waals surface area contributed by atoms with Gasteiger partial charge in [0.15, 0.2) is 0 Å². The number of carboxylic acid groups (broad SMARTS) is 1. The SMILES string of the molecule is CCN(CC(N)=O)C(=O)N[C@@H](C)C(=O)O. The van der Waals surface area contributed by atoms with Crippen molar-refractivity contribution in [3.05, 3.63) is 0 Å². The highest BCUT2D eigenvalue weighted by atomic mass is 16.4. The maximum Gasteiger partial charge on any atom is 0.325 e. The second-order valence-electron chi connectivity index (χ2n) is 2.99. The van der Waals surface area contributed by atoms with Crippen LogP contribution in [0.25, 0.3) is 0 Å². The number of carbonyl (C=O) groups is 3. The zero-order valence-electron chi connectivity index (χ0n) is 8.69. The summed E-state index contributed by atoms with van der Waals surface area (Å²) in [5, 5.41) is 10.8. The number of nitrogens with two attached hydrogens (primary N) is 1. The highest BCUT2D eigenvalue weighted by molar-refractivity contribution is 5.85. The van der Waals surface area contributed by atoms with Gasteiger partial charge < -0.3 is 21.1 Å². The lowest BCUT2D eigenvalue weighted by Gasteiger charge is -2.21. The molecule has 15 heavy (non-hydrogen) atoms. The standard InChI is InChI=1S/C8H15N3O4/c1-3-11(4-6(9)12)8(15)10-5(2)7(13)14/h5H,3-4H2,1-2H3,(H2,9,12)(H,10,15)(H,13,14)/t5-/m0/s1. The van der Waals surface area contributed by atoms with Crippen LogP contribution in [0, 0.1) is 0 Å². The van der Waals surface area contributed by atoms with E-state index in [9.17, 15) is 14.4 Å². The average Bonchev–Trinajstić information content (AvgIpc) is 2.13. The van der Waals surface area contributed by atoms with Crippen molar-refractivity contribution in [3.63, 3.8) is 0 Å².